The van der Waals surface area contributed by atoms with Crippen LogP contribution in [-0.2, 0) is 0 Å². The van der Waals surface area contributed by atoms with Crippen molar-refractivity contribution >= 4 is 43.6 Å². The lowest BCUT2D eigenvalue weighted by atomic mass is 9.98. The third kappa shape index (κ3) is 5.67. The molecule has 0 saturated carbocycles. The third-order valence-electron chi connectivity index (χ3n) is 12.3. The maximum atomic E-state index is 5.33. The van der Waals surface area contributed by atoms with E-state index in [1.807, 2.05) is 6.20 Å². The van der Waals surface area contributed by atoms with E-state index >= 15 is 0 Å². The minimum atomic E-state index is 0.943. The Hall–Kier alpha value is -7.56. The molecule has 0 saturated heterocycles. The molecule has 4 heteroatoms. The lowest BCUT2D eigenvalue weighted by molar-refractivity contribution is 1.14. The number of nitrogens with zero attached hydrogens (tertiary/aromatic N) is 4. The first kappa shape index (κ1) is 35.6. The predicted molar refractivity (Wildman–Crippen MR) is 251 cm³/mol. The van der Waals surface area contributed by atoms with E-state index in [1.165, 1.54) is 71.4 Å². The molecule has 60 heavy (non-hydrogen) atoms. The van der Waals surface area contributed by atoms with Crippen molar-refractivity contribution in [3.63, 3.8) is 0 Å². The van der Waals surface area contributed by atoms with Gasteiger partial charge < -0.3 is 9.13 Å². The fraction of sp³-hybridized carbons (Fsp3) is 0.0714. The molecule has 0 N–H and O–H groups in total. The Morgan fingerprint density at radius 2 is 0.933 bits per heavy atom. The first-order valence-electron chi connectivity index (χ1n) is 20.7. The molecule has 7 aromatic carbocycles. The average Bonchev–Trinajstić information content (AvgIpc) is 3.78. The van der Waals surface area contributed by atoms with Gasteiger partial charge in [0.25, 0.3) is 0 Å². The van der Waals surface area contributed by atoms with Crippen LogP contribution >= 0.6 is 0 Å². The van der Waals surface area contributed by atoms with Crippen LogP contribution in [0.25, 0.3) is 99.8 Å². The normalized spacial score (nSPS) is 11.7. The van der Waals surface area contributed by atoms with Gasteiger partial charge >= 0.3 is 0 Å². The van der Waals surface area contributed by atoms with Crippen molar-refractivity contribution in [1.82, 2.24) is 19.1 Å². The van der Waals surface area contributed by atoms with Gasteiger partial charge in [0.2, 0.25) is 0 Å². The molecule has 11 rings (SSSR count). The number of hydrogen-bond acceptors (Lipinski definition) is 2. The molecule has 0 unspecified atom stereocenters. The summed E-state index contributed by atoms with van der Waals surface area (Å²) in [4.78, 5) is 10.5. The topological polar surface area (TPSA) is 35.6 Å². The minimum Gasteiger partial charge on any atom is -0.309 e. The quantitative estimate of drug-likeness (QED) is 0.169. The zero-order valence-electron chi connectivity index (χ0n) is 34.1. The zero-order valence-corrected chi connectivity index (χ0v) is 34.1. The molecule has 286 valence electrons. The van der Waals surface area contributed by atoms with Gasteiger partial charge in [-0.2, -0.15) is 0 Å². The van der Waals surface area contributed by atoms with Gasteiger partial charge in [-0.25, -0.2) is 0 Å². The number of aryl methyl sites for hydroxylation is 4. The number of rotatable bonds is 6. The molecule has 0 aliphatic rings. The molecule has 0 radical (unpaired) electrons. The highest BCUT2D eigenvalue weighted by Gasteiger charge is 2.21. The Balaban J connectivity index is 0.986. The van der Waals surface area contributed by atoms with Crippen LogP contribution in [0.2, 0.25) is 0 Å². The van der Waals surface area contributed by atoms with Gasteiger partial charge in [0, 0.05) is 55.7 Å². The summed E-state index contributed by atoms with van der Waals surface area (Å²) in [6.07, 6.45) is 2.01. The zero-order chi connectivity index (χ0) is 40.5. The summed E-state index contributed by atoms with van der Waals surface area (Å²) in [6.45, 7) is 8.64. The molecule has 0 spiro atoms. The Bertz CT molecular complexity index is 3460. The Morgan fingerprint density at radius 1 is 0.383 bits per heavy atom. The molecule has 4 nitrogen and oxygen atoms in total. The van der Waals surface area contributed by atoms with E-state index in [-0.39, 0.29) is 0 Å². The summed E-state index contributed by atoms with van der Waals surface area (Å²) in [5, 5.41) is 4.98. The molecule has 0 amide bonds. The van der Waals surface area contributed by atoms with Gasteiger partial charge in [0.05, 0.1) is 44.8 Å². The van der Waals surface area contributed by atoms with Crippen LogP contribution in [0.15, 0.2) is 182 Å². The van der Waals surface area contributed by atoms with Gasteiger partial charge in [-0.15, -0.1) is 0 Å². The second-order valence-electron chi connectivity index (χ2n) is 16.0. The molecule has 4 heterocycles. The molecule has 4 aromatic heterocycles. The van der Waals surface area contributed by atoms with E-state index in [4.69, 9.17) is 9.97 Å². The van der Waals surface area contributed by atoms with E-state index < -0.39 is 0 Å². The van der Waals surface area contributed by atoms with Crippen LogP contribution in [-0.4, -0.2) is 19.1 Å². The van der Waals surface area contributed by atoms with Crippen LogP contribution in [0.3, 0.4) is 0 Å². The fourth-order valence-corrected chi connectivity index (χ4v) is 9.44. The highest BCUT2D eigenvalue weighted by atomic mass is 15.0. The monoisotopic (exact) mass is 770 g/mol. The largest absolute Gasteiger partial charge is 0.309 e. The fourth-order valence-electron chi connectivity index (χ4n) is 9.44. The van der Waals surface area contributed by atoms with E-state index in [0.29, 0.717) is 0 Å². The van der Waals surface area contributed by atoms with Crippen LogP contribution in [0.5, 0.6) is 0 Å². The standard InChI is InChI=1S/C56H42N4/c1-35-24-30-51-45(32-35)43-18-8-10-20-49(43)59(51)53-22-12-14-36(2)55(53)47-28-25-41(34-57-47)42-27-29-48(58-38(42)4)56-37(3)15-13-23-54(56)60-50-21-11-9-19-44(50)46-33-40(26-31-52(46)60)39-16-6-5-7-17-39/h5-34H,1-4H3. The second-order valence-corrected chi connectivity index (χ2v) is 16.0. The third-order valence-corrected chi connectivity index (χ3v) is 12.3. The van der Waals surface area contributed by atoms with Crippen molar-refractivity contribution in [3.8, 4) is 56.1 Å². The van der Waals surface area contributed by atoms with Crippen molar-refractivity contribution < 1.29 is 0 Å². The number of aromatic nitrogens is 4. The summed E-state index contributed by atoms with van der Waals surface area (Å²) in [7, 11) is 0. The minimum absolute atomic E-state index is 0.943. The van der Waals surface area contributed by atoms with Crippen molar-refractivity contribution in [2.75, 3.05) is 0 Å². The summed E-state index contributed by atoms with van der Waals surface area (Å²) < 4.78 is 4.81. The highest BCUT2D eigenvalue weighted by molar-refractivity contribution is 6.11. The number of para-hydroxylation sites is 2. The van der Waals surface area contributed by atoms with Gasteiger partial charge in [-0.05, 0) is 111 Å². The average molecular weight is 771 g/mol. The van der Waals surface area contributed by atoms with Gasteiger partial charge in [0.15, 0.2) is 0 Å². The van der Waals surface area contributed by atoms with Crippen LogP contribution in [0, 0.1) is 27.7 Å². The van der Waals surface area contributed by atoms with Gasteiger partial charge in [-0.1, -0.05) is 121 Å². The molecular weight excluding hydrogens is 729 g/mol. The smallest absolute Gasteiger partial charge is 0.0729 e. The summed E-state index contributed by atoms with van der Waals surface area (Å²) in [5.41, 5.74) is 20.2. The first-order valence-corrected chi connectivity index (χ1v) is 20.7. The molecule has 11 aromatic rings. The Morgan fingerprint density at radius 3 is 1.57 bits per heavy atom. The maximum absolute atomic E-state index is 5.33. The van der Waals surface area contributed by atoms with Crippen molar-refractivity contribution in [1.29, 1.82) is 0 Å². The molecular formula is C56H42N4. The van der Waals surface area contributed by atoms with Crippen LogP contribution < -0.4 is 0 Å². The molecule has 0 atom stereocenters. The molecule has 0 aliphatic heterocycles. The van der Waals surface area contributed by atoms with E-state index in [1.54, 1.807) is 0 Å². The van der Waals surface area contributed by atoms with Crippen LogP contribution in [0.1, 0.15) is 22.4 Å². The summed E-state index contributed by atoms with van der Waals surface area (Å²) in [6, 6.07) is 63.5. The SMILES string of the molecule is Cc1ccc2c(c1)c1ccccc1n2-c1cccc(C)c1-c1ccc(-c2ccc(-c3c(C)cccc3-n3c4ccccc4c4cc(-c5ccccc5)ccc43)nc2C)cn1. The Kier molecular flexibility index (Phi) is 8.35. The molecule has 0 bridgehead atoms. The number of hydrogen-bond donors (Lipinski definition) is 0. The lowest BCUT2D eigenvalue weighted by Gasteiger charge is -2.17. The van der Waals surface area contributed by atoms with E-state index in [2.05, 4.69) is 213 Å². The van der Waals surface area contributed by atoms with Gasteiger partial charge in [0.1, 0.15) is 0 Å². The van der Waals surface area contributed by atoms with Crippen molar-refractivity contribution in [2.45, 2.75) is 27.7 Å². The predicted octanol–water partition coefficient (Wildman–Crippen LogP) is 14.6. The van der Waals surface area contributed by atoms with Crippen LogP contribution in [0.4, 0.5) is 0 Å². The number of fused-ring (bicyclic) bond motifs is 6. The Labute approximate surface area is 349 Å². The van der Waals surface area contributed by atoms with E-state index in [0.717, 1.165) is 50.7 Å². The highest BCUT2D eigenvalue weighted by Crippen LogP contribution is 2.41. The summed E-state index contributed by atoms with van der Waals surface area (Å²) >= 11 is 0. The maximum Gasteiger partial charge on any atom is 0.0729 e. The van der Waals surface area contributed by atoms with Crippen molar-refractivity contribution in [2.24, 2.45) is 0 Å². The molecule has 0 fully saturated rings. The first-order chi connectivity index (χ1) is 29.4. The summed E-state index contributed by atoms with van der Waals surface area (Å²) in [5.74, 6) is 0. The van der Waals surface area contributed by atoms with E-state index in [9.17, 15) is 0 Å². The second kappa shape index (κ2) is 14.1. The van der Waals surface area contributed by atoms with Crippen molar-refractivity contribution in [3.05, 3.63) is 205 Å². The lowest BCUT2D eigenvalue weighted by Crippen LogP contribution is -2.01. The number of pyridine rings is 2. The number of benzene rings is 7. The van der Waals surface area contributed by atoms with Gasteiger partial charge in [-0.3, -0.25) is 9.97 Å². The molecule has 0 aliphatic carbocycles.